The van der Waals surface area contributed by atoms with Gasteiger partial charge in [0.1, 0.15) is 0 Å². The topological polar surface area (TPSA) is 71.4 Å². The van der Waals surface area contributed by atoms with Gasteiger partial charge in [0.2, 0.25) is 0 Å². The molecule has 0 saturated carbocycles. The van der Waals surface area contributed by atoms with Crippen LogP contribution in [-0.2, 0) is 12.4 Å². The number of benzene rings is 1. The molecule has 0 aromatic heterocycles. The molecule has 1 aromatic rings. The van der Waals surface area contributed by atoms with Crippen molar-refractivity contribution >= 4 is 11.6 Å². The van der Waals surface area contributed by atoms with E-state index in [0.717, 1.165) is 0 Å². The van der Waals surface area contributed by atoms with Gasteiger partial charge in [0.15, 0.2) is 0 Å². The van der Waals surface area contributed by atoms with Gasteiger partial charge in [0.25, 0.3) is 0 Å². The Kier molecular flexibility index (Phi) is 6.86. The summed E-state index contributed by atoms with van der Waals surface area (Å²) >= 11 is 0. The van der Waals surface area contributed by atoms with Crippen LogP contribution >= 0.6 is 0 Å². The quantitative estimate of drug-likeness (QED) is 0.485. The average Bonchev–Trinajstić information content (AvgIpc) is 2.39. The normalized spacial score (nSPS) is 11.6. The molecule has 0 heterocycles. The van der Waals surface area contributed by atoms with E-state index in [9.17, 15) is 26.3 Å². The third-order valence-electron chi connectivity index (χ3n) is 2.69. The van der Waals surface area contributed by atoms with Gasteiger partial charge in [-0.1, -0.05) is 12.1 Å². The van der Waals surface area contributed by atoms with E-state index in [4.69, 9.17) is 15.8 Å². The van der Waals surface area contributed by atoms with Crippen LogP contribution in [0.5, 0.6) is 0 Å². The van der Waals surface area contributed by atoms with Crippen molar-refractivity contribution in [2.45, 2.75) is 12.4 Å². The predicted octanol–water partition coefficient (Wildman–Crippen LogP) is -0.428. The molecule has 1 rings (SSSR count). The minimum absolute atomic E-state index is 0. The Hall–Kier alpha value is -0.860. The second-order valence-electron chi connectivity index (χ2n) is 4.09. The van der Waals surface area contributed by atoms with E-state index < -0.39 is 35.1 Å². The Morgan fingerprint density at radius 1 is 0.727 bits per heavy atom. The number of halogens is 6. The molecule has 0 spiro atoms. The Labute approximate surface area is 169 Å². The first-order valence-corrected chi connectivity index (χ1v) is 5.19. The van der Waals surface area contributed by atoms with Gasteiger partial charge in [-0.15, -0.1) is 17.9 Å². The summed E-state index contributed by atoms with van der Waals surface area (Å²) in [5.74, 6) is 3.58. The molecule has 0 atom stereocenters. The van der Waals surface area contributed by atoms with Gasteiger partial charge in [-0.05, 0) is 6.07 Å². The fourth-order valence-corrected chi connectivity index (χ4v) is 1.54. The fraction of sp³-hybridized carbons (Fsp3) is 0.182. The predicted molar refractivity (Wildman–Crippen MR) is 58.7 cm³/mol. The van der Waals surface area contributed by atoms with Gasteiger partial charge >= 0.3 is 76.7 Å². The number of alkyl halides is 6. The van der Waals surface area contributed by atoms with Gasteiger partial charge in [-0.3, -0.25) is 0 Å². The zero-order valence-corrected chi connectivity index (χ0v) is 15.8. The van der Waals surface area contributed by atoms with Crippen LogP contribution in [0.3, 0.4) is 0 Å². The van der Waals surface area contributed by atoms with E-state index in [0.29, 0.717) is 0 Å². The Morgan fingerprint density at radius 2 is 1.05 bits per heavy atom. The summed E-state index contributed by atoms with van der Waals surface area (Å²) in [7, 11) is 0. The molecular weight excluding hydrogens is 384 g/mol. The molecule has 0 N–H and O–H groups in total. The van der Waals surface area contributed by atoms with E-state index in [1.54, 1.807) is 0 Å². The van der Waals surface area contributed by atoms with Crippen molar-refractivity contribution in [2.75, 3.05) is 0 Å². The van der Waals surface area contributed by atoms with E-state index >= 15 is 0 Å². The van der Waals surface area contributed by atoms with E-state index in [2.05, 4.69) is 0 Å². The summed E-state index contributed by atoms with van der Waals surface area (Å²) in [4.78, 5) is 0. The second-order valence-corrected chi connectivity index (χ2v) is 4.09. The number of rotatable bonds is 1. The molecule has 0 unspecified atom stereocenters. The van der Waals surface area contributed by atoms with Crippen LogP contribution < -0.4 is 63.7 Å². The minimum Gasteiger partial charge on any atom is -0.246 e. The zero-order chi connectivity index (χ0) is 16.5. The van der Waals surface area contributed by atoms with Crippen LogP contribution in [0.2, 0.25) is 0 Å². The van der Waals surface area contributed by atoms with E-state index in [1.165, 1.54) is 17.9 Å². The van der Waals surface area contributed by atoms with Crippen molar-refractivity contribution in [3.63, 3.8) is 0 Å². The first-order chi connectivity index (χ1) is 9.50. The summed E-state index contributed by atoms with van der Waals surface area (Å²) in [6.45, 7) is 0. The molecule has 11 heteroatoms. The largest absolute Gasteiger partial charge is 1.00 e. The molecule has 0 bridgehead atoms. The molecule has 108 valence electrons. The monoisotopic (exact) mass is 387 g/mol. The maximum Gasteiger partial charge on any atom is 1.00 e. The average molecular weight is 387 g/mol. The van der Waals surface area contributed by atoms with E-state index in [1.807, 2.05) is 0 Å². The number of nitrogens with zero attached hydrogens (tertiary/aromatic N) is 3. The van der Waals surface area contributed by atoms with Crippen molar-refractivity contribution in [3.05, 3.63) is 29.3 Å². The first kappa shape index (κ1) is 21.1. The van der Waals surface area contributed by atoms with Gasteiger partial charge in [0.05, 0.1) is 11.1 Å². The fourth-order valence-electron chi connectivity index (χ4n) is 1.54. The van der Waals surface area contributed by atoms with Gasteiger partial charge in [-0.2, -0.15) is 31.8 Å². The maximum absolute atomic E-state index is 12.6. The van der Waals surface area contributed by atoms with Crippen LogP contribution in [-0.4, -0.2) is 6.15 Å². The summed E-state index contributed by atoms with van der Waals surface area (Å²) in [6.07, 6.45) is -13.7. The molecule has 3 nitrogen and oxygen atoms in total. The molecule has 0 radical (unpaired) electrons. The Balaban J connectivity index is 0.00000441. The molecule has 0 fully saturated rings. The first-order valence-electron chi connectivity index (χ1n) is 5.19. The van der Waals surface area contributed by atoms with Crippen LogP contribution in [0.15, 0.2) is 18.2 Å². The molecule has 0 aliphatic carbocycles. The summed E-state index contributed by atoms with van der Waals surface area (Å²) in [6, 6.07) is 0.284. The number of hydrogen-bond acceptors (Lipinski definition) is 3. The van der Waals surface area contributed by atoms with Crippen molar-refractivity contribution in [1.29, 1.82) is 15.8 Å². The van der Waals surface area contributed by atoms with Crippen LogP contribution in [0.4, 0.5) is 26.3 Å². The zero-order valence-electron chi connectivity index (χ0n) is 10.9. The maximum atomic E-state index is 12.6. The van der Waals surface area contributed by atoms with Gasteiger partial charge in [0, 0.05) is 0 Å². The number of nitriles is 3. The third kappa shape index (κ3) is 4.33. The summed E-state index contributed by atoms with van der Waals surface area (Å²) in [5, 5.41) is 26.4. The molecule has 1 aromatic carbocycles. The Morgan fingerprint density at radius 3 is 1.27 bits per heavy atom. The SMILES string of the molecule is N#C[B-](C#N)(C#N)c1cc(C(F)(F)F)cc(C(F)(F)F)c1.[Rb+]. The molecule has 0 aliphatic rings. The number of hydrogen-bond donors (Lipinski definition) is 0. The van der Waals surface area contributed by atoms with Gasteiger partial charge in [-0.25, -0.2) is 15.8 Å². The molecular formula is C11H3BF6N3Rb. The van der Waals surface area contributed by atoms with Crippen molar-refractivity contribution in [1.82, 2.24) is 0 Å². The smallest absolute Gasteiger partial charge is 0.246 e. The van der Waals surface area contributed by atoms with Crippen LogP contribution in [0.1, 0.15) is 11.1 Å². The second kappa shape index (κ2) is 7.14. The third-order valence-corrected chi connectivity index (χ3v) is 2.69. The molecule has 0 aliphatic heterocycles. The van der Waals surface area contributed by atoms with Crippen molar-refractivity contribution in [2.24, 2.45) is 0 Å². The van der Waals surface area contributed by atoms with Gasteiger partial charge < -0.3 is 0 Å². The van der Waals surface area contributed by atoms with Crippen molar-refractivity contribution in [3.8, 4) is 17.9 Å². The van der Waals surface area contributed by atoms with E-state index in [-0.39, 0.29) is 76.4 Å². The minimum atomic E-state index is -5.11. The van der Waals surface area contributed by atoms with Crippen LogP contribution in [0, 0.1) is 33.7 Å². The van der Waals surface area contributed by atoms with Crippen LogP contribution in [0.25, 0.3) is 0 Å². The summed E-state index contributed by atoms with van der Waals surface area (Å²) in [5.41, 5.74) is -4.27. The summed E-state index contributed by atoms with van der Waals surface area (Å²) < 4.78 is 75.8. The standard InChI is InChI=1S/C11H3BF6N3.Rb/c13-10(14,15)7-1-8(11(16,17)18)3-9(2-7)12(4-19,5-20)6-21;/h1-3H;/q-1;+1. The molecule has 0 amide bonds. The molecule has 0 saturated heterocycles. The van der Waals surface area contributed by atoms with Crippen molar-refractivity contribution < 1.29 is 84.5 Å². The molecule has 22 heavy (non-hydrogen) atoms. The Bertz CT molecular complexity index is 624.